The van der Waals surface area contributed by atoms with E-state index in [0.717, 1.165) is 0 Å². The van der Waals surface area contributed by atoms with Crippen molar-refractivity contribution >= 4 is 29.1 Å². The van der Waals surface area contributed by atoms with Crippen molar-refractivity contribution in [2.75, 3.05) is 0 Å². The molecule has 2 aromatic rings. The second-order valence-corrected chi connectivity index (χ2v) is 4.45. The lowest BCUT2D eigenvalue weighted by Crippen LogP contribution is -2.23. The zero-order valence-electron chi connectivity index (χ0n) is 9.97. The van der Waals surface area contributed by atoms with Gasteiger partial charge in [0.1, 0.15) is 5.65 Å². The maximum absolute atomic E-state index is 11.4. The number of halogens is 1. The van der Waals surface area contributed by atoms with Gasteiger partial charge in [0.05, 0.1) is 18.7 Å². The molecule has 7 heteroatoms. The van der Waals surface area contributed by atoms with Crippen LogP contribution in [0.25, 0.3) is 5.65 Å². The monoisotopic (exact) mass is 281 g/mol. The highest BCUT2D eigenvalue weighted by molar-refractivity contribution is 6.30. The average molecular weight is 282 g/mol. The lowest BCUT2D eigenvalue weighted by Gasteiger charge is -2.00. The molecule has 0 unspecified atom stereocenters. The minimum atomic E-state index is -0.988. The third-order valence-electron chi connectivity index (χ3n) is 2.50. The van der Waals surface area contributed by atoms with Crippen molar-refractivity contribution in [1.29, 1.82) is 0 Å². The summed E-state index contributed by atoms with van der Waals surface area (Å²) in [5.74, 6) is -1.30. The van der Waals surface area contributed by atoms with Gasteiger partial charge in [0, 0.05) is 23.8 Å². The van der Waals surface area contributed by atoms with Gasteiger partial charge in [-0.3, -0.25) is 9.59 Å². The van der Waals surface area contributed by atoms with E-state index in [9.17, 15) is 9.59 Å². The first kappa shape index (κ1) is 13.4. The van der Waals surface area contributed by atoms with Gasteiger partial charge in [-0.2, -0.15) is 0 Å². The van der Waals surface area contributed by atoms with Gasteiger partial charge in [-0.05, 0) is 12.1 Å². The average Bonchev–Trinajstić information content (AvgIpc) is 2.75. The highest BCUT2D eigenvalue weighted by atomic mass is 35.5. The number of nitrogens with zero attached hydrogens (tertiary/aromatic N) is 2. The molecule has 0 aliphatic rings. The molecule has 2 N–H and O–H groups in total. The van der Waals surface area contributed by atoms with Gasteiger partial charge < -0.3 is 14.8 Å². The Morgan fingerprint density at radius 3 is 2.95 bits per heavy atom. The number of hydrogen-bond acceptors (Lipinski definition) is 3. The number of carbonyl (C=O) groups excluding carboxylic acids is 1. The van der Waals surface area contributed by atoms with E-state index in [1.54, 1.807) is 28.9 Å². The predicted octanol–water partition coefficient (Wildman–Crippen LogP) is 1.47. The minimum absolute atomic E-state index is 0.0332. The van der Waals surface area contributed by atoms with Gasteiger partial charge in [0.15, 0.2) is 0 Å². The molecule has 0 aromatic carbocycles. The molecule has 0 spiro atoms. The van der Waals surface area contributed by atoms with Gasteiger partial charge in [-0.1, -0.05) is 11.6 Å². The number of amides is 1. The summed E-state index contributed by atoms with van der Waals surface area (Å²) in [6.45, 7) is 0.262. The van der Waals surface area contributed by atoms with Crippen LogP contribution in [0.4, 0.5) is 0 Å². The number of carbonyl (C=O) groups is 2. The van der Waals surface area contributed by atoms with E-state index >= 15 is 0 Å². The Kier molecular flexibility index (Phi) is 4.01. The van der Waals surface area contributed by atoms with E-state index in [2.05, 4.69) is 10.3 Å². The van der Waals surface area contributed by atoms with Crippen molar-refractivity contribution in [1.82, 2.24) is 14.7 Å². The van der Waals surface area contributed by atoms with Crippen molar-refractivity contribution in [3.8, 4) is 0 Å². The number of imidazole rings is 1. The summed E-state index contributed by atoms with van der Waals surface area (Å²) in [6.07, 6.45) is 3.35. The van der Waals surface area contributed by atoms with E-state index < -0.39 is 5.97 Å². The fourth-order valence-electron chi connectivity index (χ4n) is 1.59. The summed E-state index contributed by atoms with van der Waals surface area (Å²) in [6, 6.07) is 3.46. The Labute approximate surface area is 114 Å². The van der Waals surface area contributed by atoms with Gasteiger partial charge in [-0.15, -0.1) is 0 Å². The number of pyridine rings is 1. The number of rotatable bonds is 5. The summed E-state index contributed by atoms with van der Waals surface area (Å²) in [5.41, 5.74) is 1.38. The smallest absolute Gasteiger partial charge is 0.303 e. The van der Waals surface area contributed by atoms with Crippen LogP contribution in [0.3, 0.4) is 0 Å². The van der Waals surface area contributed by atoms with E-state index in [-0.39, 0.29) is 25.3 Å². The Bertz CT molecular complexity index is 624. The summed E-state index contributed by atoms with van der Waals surface area (Å²) in [7, 11) is 0. The highest BCUT2D eigenvalue weighted by Gasteiger charge is 2.07. The van der Waals surface area contributed by atoms with Crippen LogP contribution in [0.2, 0.25) is 5.02 Å². The van der Waals surface area contributed by atoms with Crippen LogP contribution >= 0.6 is 11.6 Å². The first-order valence-electron chi connectivity index (χ1n) is 5.66. The molecular formula is C12H12ClN3O3. The molecule has 1 amide bonds. The van der Waals surface area contributed by atoms with Crippen LogP contribution in [0, 0.1) is 0 Å². The maximum atomic E-state index is 11.4. The summed E-state index contributed by atoms with van der Waals surface area (Å²) in [4.78, 5) is 26.0. The Hall–Kier alpha value is -2.08. The third-order valence-corrected chi connectivity index (χ3v) is 2.74. The molecule has 0 fully saturated rings. The lowest BCUT2D eigenvalue weighted by atomic mass is 10.3. The molecule has 6 nitrogen and oxygen atoms in total. The van der Waals surface area contributed by atoms with Crippen LogP contribution in [0.1, 0.15) is 18.5 Å². The quantitative estimate of drug-likeness (QED) is 0.869. The Morgan fingerprint density at radius 2 is 2.21 bits per heavy atom. The molecular weight excluding hydrogens is 270 g/mol. The molecule has 0 saturated carbocycles. The van der Waals surface area contributed by atoms with Crippen molar-refractivity contribution in [2.24, 2.45) is 0 Å². The molecule has 0 aliphatic heterocycles. The molecule has 0 atom stereocenters. The number of nitrogens with one attached hydrogen (secondary N) is 1. The van der Waals surface area contributed by atoms with E-state index in [0.29, 0.717) is 16.4 Å². The van der Waals surface area contributed by atoms with Crippen molar-refractivity contribution < 1.29 is 14.7 Å². The van der Waals surface area contributed by atoms with Crippen LogP contribution in [0.15, 0.2) is 24.5 Å². The van der Waals surface area contributed by atoms with E-state index in [1.165, 1.54) is 0 Å². The normalized spacial score (nSPS) is 10.6. The van der Waals surface area contributed by atoms with Crippen molar-refractivity contribution in [2.45, 2.75) is 19.4 Å². The molecule has 2 rings (SSSR count). The molecule has 0 saturated heterocycles. The predicted molar refractivity (Wildman–Crippen MR) is 68.9 cm³/mol. The SMILES string of the molecule is O=C(O)CCC(=O)NCc1cn2ccc(Cl)cc2n1. The minimum Gasteiger partial charge on any atom is -0.481 e. The second-order valence-electron chi connectivity index (χ2n) is 4.01. The van der Waals surface area contributed by atoms with Gasteiger partial charge in [-0.25, -0.2) is 4.98 Å². The lowest BCUT2D eigenvalue weighted by molar-refractivity contribution is -0.138. The standard InChI is InChI=1S/C12H12ClN3O3/c13-8-3-4-16-7-9(15-10(16)5-8)6-14-11(17)1-2-12(18)19/h3-5,7H,1-2,6H2,(H,14,17)(H,18,19). The third kappa shape index (κ3) is 3.69. The topological polar surface area (TPSA) is 83.7 Å². The second kappa shape index (κ2) is 5.71. The molecule has 100 valence electrons. The van der Waals surface area contributed by atoms with Crippen LogP contribution in [0.5, 0.6) is 0 Å². The summed E-state index contributed by atoms with van der Waals surface area (Å²) < 4.78 is 1.80. The number of aromatic nitrogens is 2. The van der Waals surface area contributed by atoms with Crippen LogP contribution in [-0.2, 0) is 16.1 Å². The molecule has 2 aromatic heterocycles. The number of carboxylic acid groups (broad SMARTS) is 1. The number of carboxylic acids is 1. The highest BCUT2D eigenvalue weighted by Crippen LogP contribution is 2.12. The number of aliphatic carboxylic acids is 1. The fraction of sp³-hybridized carbons (Fsp3) is 0.250. The van der Waals surface area contributed by atoms with Gasteiger partial charge in [0.25, 0.3) is 0 Å². The summed E-state index contributed by atoms with van der Waals surface area (Å²) >= 11 is 5.85. The van der Waals surface area contributed by atoms with E-state index in [1.807, 2.05) is 0 Å². The number of hydrogen-bond donors (Lipinski definition) is 2. The number of fused-ring (bicyclic) bond motifs is 1. The molecule has 0 aliphatic carbocycles. The van der Waals surface area contributed by atoms with E-state index in [4.69, 9.17) is 16.7 Å². The Morgan fingerprint density at radius 1 is 1.42 bits per heavy atom. The molecule has 0 bridgehead atoms. The first-order chi connectivity index (χ1) is 9.04. The van der Waals surface area contributed by atoms with Crippen LogP contribution < -0.4 is 5.32 Å². The summed E-state index contributed by atoms with van der Waals surface area (Å²) in [5, 5.41) is 11.7. The largest absolute Gasteiger partial charge is 0.481 e. The maximum Gasteiger partial charge on any atom is 0.303 e. The zero-order chi connectivity index (χ0) is 13.8. The van der Waals surface area contributed by atoms with Crippen molar-refractivity contribution in [3.05, 3.63) is 35.2 Å². The molecule has 19 heavy (non-hydrogen) atoms. The van der Waals surface area contributed by atoms with Crippen LogP contribution in [-0.4, -0.2) is 26.4 Å². The molecule has 2 heterocycles. The van der Waals surface area contributed by atoms with Gasteiger partial charge in [0.2, 0.25) is 5.91 Å². The molecule has 0 radical (unpaired) electrons. The zero-order valence-corrected chi connectivity index (χ0v) is 10.7. The first-order valence-corrected chi connectivity index (χ1v) is 6.04. The fourth-order valence-corrected chi connectivity index (χ4v) is 1.75. The van der Waals surface area contributed by atoms with Crippen molar-refractivity contribution in [3.63, 3.8) is 0 Å². The Balaban J connectivity index is 1.94. The van der Waals surface area contributed by atoms with Gasteiger partial charge >= 0.3 is 5.97 Å².